The number of para-hydroxylation sites is 1. The molecule has 0 radical (unpaired) electrons. The Labute approximate surface area is 75.5 Å². The third-order valence-corrected chi connectivity index (χ3v) is 1.84. The molecule has 1 aromatic carbocycles. The highest BCUT2D eigenvalue weighted by Crippen LogP contribution is 2.26. The van der Waals surface area contributed by atoms with E-state index in [0.29, 0.717) is 0 Å². The summed E-state index contributed by atoms with van der Waals surface area (Å²) in [6, 6.07) is 9.47. The van der Waals surface area contributed by atoms with Crippen molar-refractivity contribution in [2.24, 2.45) is 0 Å². The number of rotatable bonds is 1. The van der Waals surface area contributed by atoms with E-state index in [4.69, 9.17) is 10.2 Å². The molecule has 13 heavy (non-hydrogen) atoms. The van der Waals surface area contributed by atoms with Crippen LogP contribution in [0.4, 0.5) is 0 Å². The topological polar surface area (TPSA) is 45.4 Å². The van der Waals surface area contributed by atoms with Crippen molar-refractivity contribution in [2.45, 2.75) is 0 Å². The minimum Gasteiger partial charge on any atom is -0.503 e. The Morgan fingerprint density at radius 3 is 1.92 bits per heavy atom. The van der Waals surface area contributed by atoms with Crippen LogP contribution < -0.4 is 0 Å². The molecule has 0 saturated heterocycles. The van der Waals surface area contributed by atoms with Crippen LogP contribution in [-0.2, 0) is 0 Å². The van der Waals surface area contributed by atoms with E-state index in [1.54, 1.807) is 4.57 Å². The van der Waals surface area contributed by atoms with E-state index < -0.39 is 0 Å². The van der Waals surface area contributed by atoms with E-state index in [1.807, 2.05) is 30.3 Å². The highest BCUT2D eigenvalue weighted by atomic mass is 16.3. The monoisotopic (exact) mass is 175 g/mol. The largest absolute Gasteiger partial charge is 0.503 e. The smallest absolute Gasteiger partial charge is 0.176 e. The van der Waals surface area contributed by atoms with Gasteiger partial charge in [0.1, 0.15) is 0 Å². The molecule has 0 unspecified atom stereocenters. The first kappa shape index (κ1) is 7.73. The molecule has 0 aliphatic rings. The first-order valence-corrected chi connectivity index (χ1v) is 3.93. The second kappa shape index (κ2) is 2.86. The molecule has 3 heteroatoms. The van der Waals surface area contributed by atoms with Gasteiger partial charge < -0.3 is 14.8 Å². The van der Waals surface area contributed by atoms with Crippen LogP contribution >= 0.6 is 0 Å². The lowest BCUT2D eigenvalue weighted by atomic mass is 10.3. The molecule has 0 aliphatic carbocycles. The standard InChI is InChI=1S/C10H9NO2/c12-9-6-11(7-10(9)13)8-4-2-1-3-5-8/h1-7,12-13H. The van der Waals surface area contributed by atoms with Crippen LogP contribution in [0.2, 0.25) is 0 Å². The Bertz CT molecular complexity index is 387. The fraction of sp³-hybridized carbons (Fsp3) is 0. The maximum atomic E-state index is 9.13. The molecule has 66 valence electrons. The van der Waals surface area contributed by atoms with Gasteiger partial charge in [0.2, 0.25) is 0 Å². The molecule has 3 nitrogen and oxygen atoms in total. The lowest BCUT2D eigenvalue weighted by Gasteiger charge is -1.99. The lowest BCUT2D eigenvalue weighted by Crippen LogP contribution is -1.87. The van der Waals surface area contributed by atoms with Crippen LogP contribution in [0.5, 0.6) is 11.5 Å². The molecule has 2 aromatic rings. The Kier molecular flexibility index (Phi) is 1.70. The van der Waals surface area contributed by atoms with Crippen LogP contribution in [0, 0.1) is 0 Å². The normalized spacial score (nSPS) is 10.2. The molecule has 2 N–H and O–H groups in total. The van der Waals surface area contributed by atoms with Gasteiger partial charge in [-0.25, -0.2) is 0 Å². The van der Waals surface area contributed by atoms with Crippen molar-refractivity contribution in [3.8, 4) is 17.2 Å². The molecule has 2 rings (SSSR count). The van der Waals surface area contributed by atoms with E-state index in [0.717, 1.165) is 5.69 Å². The van der Waals surface area contributed by atoms with Gasteiger partial charge in [0.25, 0.3) is 0 Å². The molecular formula is C10H9NO2. The van der Waals surface area contributed by atoms with Crippen molar-refractivity contribution in [1.82, 2.24) is 4.57 Å². The molecule has 1 aromatic heterocycles. The number of aromatic hydroxyl groups is 2. The van der Waals surface area contributed by atoms with Crippen molar-refractivity contribution in [3.05, 3.63) is 42.7 Å². The Balaban J connectivity index is 2.48. The second-order valence-corrected chi connectivity index (χ2v) is 2.77. The third kappa shape index (κ3) is 1.36. The molecule has 0 bridgehead atoms. The summed E-state index contributed by atoms with van der Waals surface area (Å²) >= 11 is 0. The Hall–Kier alpha value is -1.90. The quantitative estimate of drug-likeness (QED) is 0.695. The van der Waals surface area contributed by atoms with Crippen LogP contribution in [-0.4, -0.2) is 14.8 Å². The van der Waals surface area contributed by atoms with Gasteiger partial charge in [-0.05, 0) is 12.1 Å². The van der Waals surface area contributed by atoms with Gasteiger partial charge >= 0.3 is 0 Å². The van der Waals surface area contributed by atoms with Gasteiger partial charge in [0.05, 0.1) is 12.4 Å². The summed E-state index contributed by atoms with van der Waals surface area (Å²) in [5.74, 6) is -0.215. The summed E-state index contributed by atoms with van der Waals surface area (Å²) in [5, 5.41) is 18.3. The van der Waals surface area contributed by atoms with E-state index in [9.17, 15) is 0 Å². The van der Waals surface area contributed by atoms with Gasteiger partial charge in [0.15, 0.2) is 11.5 Å². The van der Waals surface area contributed by atoms with Crippen molar-refractivity contribution in [2.75, 3.05) is 0 Å². The van der Waals surface area contributed by atoms with Crippen molar-refractivity contribution < 1.29 is 10.2 Å². The van der Waals surface area contributed by atoms with Crippen molar-refractivity contribution in [1.29, 1.82) is 0 Å². The van der Waals surface area contributed by atoms with E-state index in [-0.39, 0.29) is 11.5 Å². The zero-order chi connectivity index (χ0) is 9.26. The summed E-state index contributed by atoms with van der Waals surface area (Å²) in [5.41, 5.74) is 0.901. The zero-order valence-corrected chi connectivity index (χ0v) is 6.88. The van der Waals surface area contributed by atoms with E-state index in [2.05, 4.69) is 0 Å². The average Bonchev–Trinajstić information content (AvgIpc) is 2.49. The number of hydrogen-bond acceptors (Lipinski definition) is 2. The Morgan fingerprint density at radius 2 is 1.38 bits per heavy atom. The SMILES string of the molecule is Oc1cn(-c2ccccc2)cc1O. The van der Waals surface area contributed by atoms with Crippen LogP contribution in [0.1, 0.15) is 0 Å². The number of hydrogen-bond donors (Lipinski definition) is 2. The minimum absolute atomic E-state index is 0.108. The fourth-order valence-electron chi connectivity index (χ4n) is 1.18. The summed E-state index contributed by atoms with van der Waals surface area (Å²) in [6.07, 6.45) is 2.93. The van der Waals surface area contributed by atoms with Crippen LogP contribution in [0.15, 0.2) is 42.7 Å². The molecule has 0 fully saturated rings. The first-order chi connectivity index (χ1) is 6.27. The molecule has 1 heterocycles. The van der Waals surface area contributed by atoms with E-state index >= 15 is 0 Å². The number of nitrogens with zero attached hydrogens (tertiary/aromatic N) is 1. The molecule has 0 spiro atoms. The summed E-state index contributed by atoms with van der Waals surface area (Å²) < 4.78 is 1.66. The number of benzene rings is 1. The van der Waals surface area contributed by atoms with Gasteiger partial charge in [-0.15, -0.1) is 0 Å². The van der Waals surface area contributed by atoms with Crippen molar-refractivity contribution in [3.63, 3.8) is 0 Å². The highest BCUT2D eigenvalue weighted by Gasteiger charge is 2.03. The molecule has 0 atom stereocenters. The van der Waals surface area contributed by atoms with Gasteiger partial charge in [-0.1, -0.05) is 18.2 Å². The lowest BCUT2D eigenvalue weighted by molar-refractivity contribution is 0.407. The summed E-state index contributed by atoms with van der Waals surface area (Å²) in [6.45, 7) is 0. The predicted octanol–water partition coefficient (Wildman–Crippen LogP) is 1.89. The zero-order valence-electron chi connectivity index (χ0n) is 6.88. The third-order valence-electron chi connectivity index (χ3n) is 1.84. The summed E-state index contributed by atoms with van der Waals surface area (Å²) in [7, 11) is 0. The molecule has 0 aliphatic heterocycles. The molecule has 0 amide bonds. The average molecular weight is 175 g/mol. The minimum atomic E-state index is -0.108. The van der Waals surface area contributed by atoms with Crippen LogP contribution in [0.25, 0.3) is 5.69 Å². The number of aromatic nitrogens is 1. The first-order valence-electron chi connectivity index (χ1n) is 3.93. The van der Waals surface area contributed by atoms with Crippen molar-refractivity contribution >= 4 is 0 Å². The second-order valence-electron chi connectivity index (χ2n) is 2.77. The van der Waals surface area contributed by atoms with Gasteiger partial charge in [-0.3, -0.25) is 0 Å². The van der Waals surface area contributed by atoms with Gasteiger partial charge in [-0.2, -0.15) is 0 Å². The highest BCUT2D eigenvalue weighted by molar-refractivity contribution is 5.42. The molecular weight excluding hydrogens is 166 g/mol. The van der Waals surface area contributed by atoms with E-state index in [1.165, 1.54) is 12.4 Å². The fourth-order valence-corrected chi connectivity index (χ4v) is 1.18. The summed E-state index contributed by atoms with van der Waals surface area (Å²) in [4.78, 5) is 0. The van der Waals surface area contributed by atoms with Crippen LogP contribution in [0.3, 0.4) is 0 Å². The Morgan fingerprint density at radius 1 is 0.846 bits per heavy atom. The predicted molar refractivity (Wildman–Crippen MR) is 49.1 cm³/mol. The maximum Gasteiger partial charge on any atom is 0.176 e. The maximum absolute atomic E-state index is 9.13. The molecule has 0 saturated carbocycles. The van der Waals surface area contributed by atoms with Gasteiger partial charge in [0, 0.05) is 5.69 Å².